The number of anilines is 3. The molecule has 12 aromatic rings. The van der Waals surface area contributed by atoms with Crippen LogP contribution in [0.2, 0.25) is 0 Å². The molecule has 11 aromatic carbocycles. The summed E-state index contributed by atoms with van der Waals surface area (Å²) >= 11 is 0. The summed E-state index contributed by atoms with van der Waals surface area (Å²) in [6, 6.07) is 90.7. The van der Waals surface area contributed by atoms with Gasteiger partial charge < -0.3 is 14.1 Å². The van der Waals surface area contributed by atoms with Gasteiger partial charge in [-0.1, -0.05) is 194 Å². The monoisotopic (exact) mass is 891 g/mol. The van der Waals surface area contributed by atoms with Crippen molar-refractivity contribution >= 4 is 39.0 Å². The number of ether oxygens (including phenoxy) is 1. The summed E-state index contributed by atoms with van der Waals surface area (Å²) in [5.74, 6) is 1.68. The minimum Gasteiger partial charge on any atom is -0.456 e. The number of para-hydroxylation sites is 2. The van der Waals surface area contributed by atoms with Crippen LogP contribution in [0.5, 0.6) is 11.5 Å². The van der Waals surface area contributed by atoms with Crippen LogP contribution in [-0.2, 0) is 5.41 Å². The van der Waals surface area contributed by atoms with Crippen LogP contribution >= 0.6 is 0 Å². The molecule has 0 N–H and O–H groups in total. The Labute approximate surface area is 405 Å². The molecule has 15 rings (SSSR count). The molecule has 0 saturated carbocycles. The zero-order valence-corrected chi connectivity index (χ0v) is 37.9. The van der Waals surface area contributed by atoms with Crippen LogP contribution < -0.4 is 9.64 Å². The van der Waals surface area contributed by atoms with Gasteiger partial charge in [0.1, 0.15) is 22.7 Å². The average molecular weight is 892 g/mol. The van der Waals surface area contributed by atoms with Crippen molar-refractivity contribution in [1.29, 1.82) is 0 Å². The molecule has 2 aliphatic carbocycles. The van der Waals surface area contributed by atoms with Gasteiger partial charge >= 0.3 is 0 Å². The van der Waals surface area contributed by atoms with Crippen molar-refractivity contribution in [3.05, 3.63) is 271 Å². The standard InChI is InChI=1S/C67H41NO2/c1-2-16-42(17-3-1)43-30-32-44(33-31-43)68(45-35-39-64-57(40-45)50-21-7-6-20-49(50)53-23-10-14-28-62(53)69-64)46-34-36-52-48-19-5-4-18-47(48)51-22-8-12-26-58(51)67(61(52)41-46)59-27-13-9-25-56(59)65-60(67)38-37-55-54-24-11-15-29-63(54)70-66(55)65/h1-41H. The molecule has 1 spiro atoms. The third kappa shape index (κ3) is 5.46. The molecule has 1 unspecified atom stereocenters. The van der Waals surface area contributed by atoms with Gasteiger partial charge in [-0.25, -0.2) is 0 Å². The summed E-state index contributed by atoms with van der Waals surface area (Å²) in [7, 11) is 0. The van der Waals surface area contributed by atoms with E-state index in [1.165, 1.54) is 55.6 Å². The van der Waals surface area contributed by atoms with Crippen LogP contribution in [-0.4, -0.2) is 0 Å². The van der Waals surface area contributed by atoms with E-state index in [2.05, 4.69) is 248 Å². The van der Waals surface area contributed by atoms with Gasteiger partial charge in [-0.05, 0) is 127 Å². The number of furan rings is 1. The van der Waals surface area contributed by atoms with Gasteiger partial charge in [-0.15, -0.1) is 0 Å². The first-order valence-electron chi connectivity index (χ1n) is 24.1. The summed E-state index contributed by atoms with van der Waals surface area (Å²) in [6.45, 7) is 0. The van der Waals surface area contributed by atoms with Crippen molar-refractivity contribution in [2.45, 2.75) is 5.41 Å². The molecule has 1 aliphatic heterocycles. The van der Waals surface area contributed by atoms with E-state index < -0.39 is 5.41 Å². The molecular formula is C67H41NO2. The van der Waals surface area contributed by atoms with Gasteiger partial charge in [-0.3, -0.25) is 0 Å². The molecule has 0 amide bonds. The Hall–Kier alpha value is -9.18. The number of fused-ring (bicyclic) bond motifs is 21. The molecule has 1 atom stereocenters. The number of hydrogen-bond donors (Lipinski definition) is 0. The maximum atomic E-state index is 6.96. The number of benzene rings is 11. The Morgan fingerprint density at radius 3 is 1.60 bits per heavy atom. The van der Waals surface area contributed by atoms with E-state index in [0.29, 0.717) is 0 Å². The summed E-state index contributed by atoms with van der Waals surface area (Å²) in [5, 5.41) is 2.25. The van der Waals surface area contributed by atoms with Gasteiger partial charge in [0.05, 0.1) is 5.41 Å². The molecule has 3 heteroatoms. The van der Waals surface area contributed by atoms with E-state index in [-0.39, 0.29) is 0 Å². The van der Waals surface area contributed by atoms with Crippen molar-refractivity contribution in [2.75, 3.05) is 4.90 Å². The number of nitrogens with zero attached hydrogens (tertiary/aromatic N) is 1. The van der Waals surface area contributed by atoms with Crippen LogP contribution in [0, 0.1) is 0 Å². The van der Waals surface area contributed by atoms with E-state index >= 15 is 0 Å². The quantitative estimate of drug-likeness (QED) is 0.176. The molecule has 70 heavy (non-hydrogen) atoms. The SMILES string of the molecule is c1ccc(-c2ccc(N(c3ccc4c(c3)-c3ccccc3-c3ccccc3O4)c3ccc4c(c3)C3(c5ccccc5-c5ccccc5-4)c4ccccc4-c4c3ccc3c4oc4ccccc43)cc2)cc1. The molecule has 326 valence electrons. The molecule has 0 radical (unpaired) electrons. The van der Waals surface area contributed by atoms with Gasteiger partial charge in [0, 0.05) is 44.5 Å². The zero-order valence-electron chi connectivity index (χ0n) is 37.9. The van der Waals surface area contributed by atoms with Crippen molar-refractivity contribution in [3.63, 3.8) is 0 Å². The largest absolute Gasteiger partial charge is 0.456 e. The van der Waals surface area contributed by atoms with E-state index in [1.807, 2.05) is 6.07 Å². The first kappa shape index (κ1) is 38.9. The molecule has 0 fully saturated rings. The van der Waals surface area contributed by atoms with Gasteiger partial charge in [0.15, 0.2) is 0 Å². The molecule has 0 bridgehead atoms. The normalized spacial score (nSPS) is 14.5. The van der Waals surface area contributed by atoms with E-state index in [9.17, 15) is 0 Å². The van der Waals surface area contributed by atoms with Gasteiger partial charge in [0.25, 0.3) is 0 Å². The molecule has 0 saturated heterocycles. The fourth-order valence-electron chi connectivity index (χ4n) is 12.2. The van der Waals surface area contributed by atoms with E-state index in [0.717, 1.165) is 83.9 Å². The smallest absolute Gasteiger partial charge is 0.143 e. The predicted molar refractivity (Wildman–Crippen MR) is 287 cm³/mol. The highest BCUT2D eigenvalue weighted by Crippen LogP contribution is 2.63. The third-order valence-electron chi connectivity index (χ3n) is 15.1. The second kappa shape index (κ2) is 14.9. The average Bonchev–Trinajstić information content (AvgIpc) is 3.88. The minimum absolute atomic E-state index is 0.727. The summed E-state index contributed by atoms with van der Waals surface area (Å²) in [6.07, 6.45) is 0. The van der Waals surface area contributed by atoms with Crippen molar-refractivity contribution < 1.29 is 9.15 Å². The highest BCUT2D eigenvalue weighted by atomic mass is 16.5. The molecule has 3 nitrogen and oxygen atoms in total. The Balaban J connectivity index is 1.03. The Morgan fingerprint density at radius 2 is 0.829 bits per heavy atom. The van der Waals surface area contributed by atoms with Crippen molar-refractivity contribution in [1.82, 2.24) is 0 Å². The maximum Gasteiger partial charge on any atom is 0.143 e. The Morgan fingerprint density at radius 1 is 0.300 bits per heavy atom. The number of rotatable bonds is 4. The summed E-state index contributed by atoms with van der Waals surface area (Å²) < 4.78 is 13.8. The lowest BCUT2D eigenvalue weighted by Crippen LogP contribution is -2.29. The van der Waals surface area contributed by atoms with Crippen LogP contribution in [0.3, 0.4) is 0 Å². The van der Waals surface area contributed by atoms with Crippen LogP contribution in [0.15, 0.2) is 253 Å². The lowest BCUT2D eigenvalue weighted by Gasteiger charge is -2.36. The first-order valence-corrected chi connectivity index (χ1v) is 24.1. The summed E-state index contributed by atoms with van der Waals surface area (Å²) in [5.41, 5.74) is 23.1. The molecule has 3 aliphatic rings. The lowest BCUT2D eigenvalue weighted by atomic mass is 9.65. The van der Waals surface area contributed by atoms with Gasteiger partial charge in [0.2, 0.25) is 0 Å². The van der Waals surface area contributed by atoms with Crippen LogP contribution in [0.1, 0.15) is 22.3 Å². The van der Waals surface area contributed by atoms with Crippen molar-refractivity contribution in [2.24, 2.45) is 0 Å². The topological polar surface area (TPSA) is 25.6 Å². The van der Waals surface area contributed by atoms with E-state index in [4.69, 9.17) is 9.15 Å². The second-order valence-electron chi connectivity index (χ2n) is 18.7. The summed E-state index contributed by atoms with van der Waals surface area (Å²) in [4.78, 5) is 2.43. The molecule has 1 aromatic heterocycles. The molecular weight excluding hydrogens is 851 g/mol. The first-order chi connectivity index (χ1) is 34.7. The van der Waals surface area contributed by atoms with Crippen LogP contribution in [0.4, 0.5) is 17.1 Å². The predicted octanol–water partition coefficient (Wildman–Crippen LogP) is 18.2. The fourth-order valence-corrected chi connectivity index (χ4v) is 12.2. The number of hydrogen-bond acceptors (Lipinski definition) is 3. The van der Waals surface area contributed by atoms with Crippen molar-refractivity contribution in [3.8, 4) is 78.3 Å². The highest BCUT2D eigenvalue weighted by molar-refractivity contribution is 6.13. The van der Waals surface area contributed by atoms with Gasteiger partial charge in [-0.2, -0.15) is 0 Å². The minimum atomic E-state index is -0.727. The fraction of sp³-hybridized carbons (Fsp3) is 0.0149. The zero-order chi connectivity index (χ0) is 45.9. The Bertz CT molecular complexity index is 4110. The highest BCUT2D eigenvalue weighted by Gasteiger charge is 2.51. The maximum absolute atomic E-state index is 6.96. The second-order valence-corrected chi connectivity index (χ2v) is 18.7. The van der Waals surface area contributed by atoms with Crippen LogP contribution in [0.25, 0.3) is 88.7 Å². The third-order valence-corrected chi connectivity index (χ3v) is 15.1. The van der Waals surface area contributed by atoms with E-state index in [1.54, 1.807) is 0 Å². The Kier molecular flexibility index (Phi) is 8.28. The lowest BCUT2D eigenvalue weighted by molar-refractivity contribution is 0.488. The molecule has 2 heterocycles.